The van der Waals surface area contributed by atoms with Crippen molar-refractivity contribution in [1.29, 1.82) is 0 Å². The topological polar surface area (TPSA) is 31.4 Å². The minimum atomic E-state index is -5.16. The lowest BCUT2D eigenvalue weighted by Gasteiger charge is -2.28. The van der Waals surface area contributed by atoms with E-state index < -0.39 is 52.8 Å². The molecule has 0 saturated heterocycles. The molecule has 0 N–H and O–H groups in total. The van der Waals surface area contributed by atoms with Crippen LogP contribution in [0.1, 0.15) is 75.3 Å². The number of unbranched alkanes of at least 4 members (excludes halogenated alkanes) is 2. The maximum Gasteiger partial charge on any atom is 0.573 e. The number of alkyl halides is 5. The van der Waals surface area contributed by atoms with Gasteiger partial charge in [-0.25, -0.2) is 17.6 Å². The Balaban J connectivity index is 1.27. The number of halogens is 9. The predicted molar refractivity (Wildman–Crippen MR) is 161 cm³/mol. The first-order valence-electron chi connectivity index (χ1n) is 15.6. The number of ether oxygens (including phenoxy) is 2. The largest absolute Gasteiger partial charge is 0.573 e. The Bertz CT molecular complexity index is 1690. The first-order chi connectivity index (χ1) is 22.7. The second kappa shape index (κ2) is 14.5. The Kier molecular flexibility index (Phi) is 10.6. The van der Waals surface area contributed by atoms with Gasteiger partial charge in [0.15, 0.2) is 11.6 Å². The van der Waals surface area contributed by atoms with Crippen molar-refractivity contribution in [1.82, 2.24) is 4.98 Å². The highest BCUT2D eigenvalue weighted by Crippen LogP contribution is 2.40. The third-order valence-corrected chi connectivity index (χ3v) is 8.60. The van der Waals surface area contributed by atoms with Gasteiger partial charge in [0.05, 0.1) is 5.69 Å². The van der Waals surface area contributed by atoms with Crippen molar-refractivity contribution in [2.45, 2.75) is 76.7 Å². The molecular formula is C36H32F9NO2. The fourth-order valence-electron chi connectivity index (χ4n) is 6.15. The van der Waals surface area contributed by atoms with Crippen molar-refractivity contribution in [3.63, 3.8) is 0 Å². The van der Waals surface area contributed by atoms with E-state index in [1.807, 2.05) is 6.07 Å². The van der Waals surface area contributed by atoms with E-state index in [4.69, 9.17) is 0 Å². The van der Waals surface area contributed by atoms with Crippen molar-refractivity contribution >= 4 is 0 Å². The fraction of sp³-hybridized carbons (Fsp3) is 0.361. The number of nitrogens with zero attached hydrogens (tertiary/aromatic N) is 1. The summed E-state index contributed by atoms with van der Waals surface area (Å²) >= 11 is 0. The van der Waals surface area contributed by atoms with Crippen LogP contribution in [0, 0.1) is 29.2 Å². The van der Waals surface area contributed by atoms with Gasteiger partial charge in [-0.15, -0.1) is 13.2 Å². The van der Waals surface area contributed by atoms with Gasteiger partial charge in [-0.05, 0) is 91.1 Å². The molecule has 0 bridgehead atoms. The average Bonchev–Trinajstić information content (AvgIpc) is 3.01. The summed E-state index contributed by atoms with van der Waals surface area (Å²) in [6.45, 7) is 2.18. The Hall–Kier alpha value is -4.22. The van der Waals surface area contributed by atoms with Crippen LogP contribution in [-0.2, 0) is 6.11 Å². The molecule has 12 heteroatoms. The number of pyridine rings is 1. The molecule has 1 fully saturated rings. The van der Waals surface area contributed by atoms with Crippen molar-refractivity contribution in [3.05, 3.63) is 101 Å². The average molecular weight is 682 g/mol. The molecule has 256 valence electrons. The molecule has 1 heterocycles. The lowest BCUT2D eigenvalue weighted by molar-refractivity contribution is -0.275. The minimum absolute atomic E-state index is 0.0648. The molecule has 1 aliphatic carbocycles. The van der Waals surface area contributed by atoms with Gasteiger partial charge in [0.1, 0.15) is 28.8 Å². The van der Waals surface area contributed by atoms with E-state index in [2.05, 4.69) is 21.4 Å². The third-order valence-electron chi connectivity index (χ3n) is 8.60. The molecule has 1 saturated carbocycles. The van der Waals surface area contributed by atoms with Gasteiger partial charge in [0.25, 0.3) is 0 Å². The fourth-order valence-corrected chi connectivity index (χ4v) is 6.15. The highest BCUT2D eigenvalue weighted by molar-refractivity contribution is 5.66. The zero-order chi connectivity index (χ0) is 34.6. The zero-order valence-corrected chi connectivity index (χ0v) is 25.8. The van der Waals surface area contributed by atoms with E-state index in [1.54, 1.807) is 12.3 Å². The molecule has 0 radical (unpaired) electrons. The number of rotatable bonds is 11. The maximum atomic E-state index is 15.1. The van der Waals surface area contributed by atoms with Crippen LogP contribution in [0.3, 0.4) is 0 Å². The zero-order valence-electron chi connectivity index (χ0n) is 25.8. The van der Waals surface area contributed by atoms with E-state index in [9.17, 15) is 22.0 Å². The van der Waals surface area contributed by atoms with Crippen LogP contribution in [0.15, 0.2) is 66.9 Å². The quantitative estimate of drug-likeness (QED) is 0.117. The third kappa shape index (κ3) is 8.43. The van der Waals surface area contributed by atoms with E-state index in [-0.39, 0.29) is 22.4 Å². The molecule has 4 aromatic rings. The van der Waals surface area contributed by atoms with Crippen LogP contribution in [-0.4, -0.2) is 11.3 Å². The molecule has 0 unspecified atom stereocenters. The van der Waals surface area contributed by atoms with Gasteiger partial charge >= 0.3 is 12.5 Å². The summed E-state index contributed by atoms with van der Waals surface area (Å²) in [4.78, 5) is 4.34. The van der Waals surface area contributed by atoms with Crippen LogP contribution in [0.4, 0.5) is 39.5 Å². The molecule has 3 aromatic carbocycles. The van der Waals surface area contributed by atoms with Crippen molar-refractivity contribution in [3.8, 4) is 33.9 Å². The van der Waals surface area contributed by atoms with Gasteiger partial charge in [0.2, 0.25) is 0 Å². The van der Waals surface area contributed by atoms with Crippen LogP contribution in [0.2, 0.25) is 0 Å². The van der Waals surface area contributed by atoms with E-state index >= 15 is 17.6 Å². The van der Waals surface area contributed by atoms with Crippen LogP contribution in [0.25, 0.3) is 22.4 Å². The minimum Gasteiger partial charge on any atom is -0.429 e. The molecule has 0 atom stereocenters. The molecular weight excluding hydrogens is 649 g/mol. The first kappa shape index (κ1) is 35.1. The Labute approximate surface area is 271 Å². The highest BCUT2D eigenvalue weighted by atomic mass is 19.4. The molecule has 3 nitrogen and oxygen atoms in total. The SMILES string of the molecule is CCCCCC1CCC(c2ccc(-c3cc(F)c(C(F)(F)Oc4ccc(-c5ccc(OC(F)(F)F)c(F)c5)c(F)c4)c(F)c3)nc2)CC1. The van der Waals surface area contributed by atoms with Gasteiger partial charge in [-0.1, -0.05) is 44.7 Å². The molecule has 48 heavy (non-hydrogen) atoms. The lowest BCUT2D eigenvalue weighted by atomic mass is 9.77. The van der Waals surface area contributed by atoms with Gasteiger partial charge in [-0.3, -0.25) is 4.98 Å². The summed E-state index contributed by atoms with van der Waals surface area (Å²) in [5, 5.41) is 0. The Morgan fingerprint density at radius 2 is 1.40 bits per heavy atom. The number of hydrogen-bond donors (Lipinski definition) is 0. The van der Waals surface area contributed by atoms with Gasteiger partial charge in [0, 0.05) is 23.4 Å². The summed E-state index contributed by atoms with van der Waals surface area (Å²) in [6.07, 6.45) is 1.16. The van der Waals surface area contributed by atoms with Crippen molar-refractivity contribution in [2.75, 3.05) is 0 Å². The van der Waals surface area contributed by atoms with E-state index in [0.717, 1.165) is 55.4 Å². The number of hydrogen-bond acceptors (Lipinski definition) is 3. The van der Waals surface area contributed by atoms with Crippen molar-refractivity contribution in [2.24, 2.45) is 5.92 Å². The summed E-state index contributed by atoms with van der Waals surface area (Å²) < 4.78 is 134. The number of aromatic nitrogens is 1. The predicted octanol–water partition coefficient (Wildman–Crippen LogP) is 11.9. The molecule has 1 aliphatic rings. The first-order valence-corrected chi connectivity index (χ1v) is 15.6. The second-order valence-electron chi connectivity index (χ2n) is 12.0. The monoisotopic (exact) mass is 681 g/mol. The van der Waals surface area contributed by atoms with Crippen LogP contribution in [0.5, 0.6) is 11.5 Å². The Morgan fingerprint density at radius 3 is 1.98 bits per heavy atom. The summed E-state index contributed by atoms with van der Waals surface area (Å²) in [6, 6.07) is 9.15. The summed E-state index contributed by atoms with van der Waals surface area (Å²) in [7, 11) is 0. The normalized spacial score (nSPS) is 17.0. The van der Waals surface area contributed by atoms with Gasteiger partial charge in [-0.2, -0.15) is 8.78 Å². The van der Waals surface area contributed by atoms with Gasteiger partial charge < -0.3 is 9.47 Å². The van der Waals surface area contributed by atoms with E-state index in [1.165, 1.54) is 25.7 Å². The smallest absolute Gasteiger partial charge is 0.429 e. The molecule has 5 rings (SSSR count). The van der Waals surface area contributed by atoms with Crippen LogP contribution >= 0.6 is 0 Å². The summed E-state index contributed by atoms with van der Waals surface area (Å²) in [5.41, 5.74) is -1.18. The highest BCUT2D eigenvalue weighted by Gasteiger charge is 2.41. The molecule has 0 aliphatic heterocycles. The molecule has 1 aromatic heterocycles. The lowest BCUT2D eigenvalue weighted by Crippen LogP contribution is -2.25. The van der Waals surface area contributed by atoms with E-state index in [0.29, 0.717) is 36.2 Å². The number of benzene rings is 3. The molecule has 0 amide bonds. The maximum absolute atomic E-state index is 15.1. The second-order valence-corrected chi connectivity index (χ2v) is 12.0. The Morgan fingerprint density at radius 1 is 0.708 bits per heavy atom. The summed E-state index contributed by atoms with van der Waals surface area (Å²) in [5.74, 6) is -6.82. The molecule has 0 spiro atoms. The van der Waals surface area contributed by atoms with Crippen molar-refractivity contribution < 1.29 is 49.0 Å². The standard InChI is InChI=1S/C36H32F9NO2/c1-2-3-4-5-21-6-8-22(9-7-21)24-10-14-32(46-20-24)25-17-30(39)34(31(40)18-25)35(41,42)47-26-12-13-27(28(37)19-26)23-11-15-33(29(38)16-23)48-36(43,44)45/h10-22H,2-9H2,1H3. The van der Waals surface area contributed by atoms with Crippen LogP contribution < -0.4 is 9.47 Å².